The van der Waals surface area contributed by atoms with Crippen molar-refractivity contribution in [3.05, 3.63) is 58.6 Å². The maximum absolute atomic E-state index is 5.91. The number of hydrogen-bond donors (Lipinski definition) is 1. The number of nitrogens with two attached hydrogens (primary N) is 1. The van der Waals surface area contributed by atoms with Gasteiger partial charge in [0.25, 0.3) is 0 Å². The minimum atomic E-state index is 0. The van der Waals surface area contributed by atoms with Crippen LogP contribution in [0.1, 0.15) is 5.69 Å². The van der Waals surface area contributed by atoms with E-state index in [-0.39, 0.29) is 12.4 Å². The molecule has 0 aliphatic rings. The Morgan fingerprint density at radius 2 is 1.86 bits per heavy atom. The molecule has 0 amide bonds. The van der Waals surface area contributed by atoms with E-state index in [2.05, 4.69) is 9.97 Å². The lowest BCUT2D eigenvalue weighted by molar-refractivity contribution is 0.972. The number of aromatic nitrogens is 2. The zero-order chi connectivity index (χ0) is 13.9. The van der Waals surface area contributed by atoms with Gasteiger partial charge in [0, 0.05) is 17.1 Å². The van der Waals surface area contributed by atoms with Crippen molar-refractivity contribution in [3.8, 4) is 22.0 Å². The molecule has 3 aromatic rings. The molecule has 108 valence electrons. The lowest BCUT2D eigenvalue weighted by Gasteiger charge is -2.06. The van der Waals surface area contributed by atoms with Crippen LogP contribution in [-0.2, 0) is 6.54 Å². The lowest BCUT2D eigenvalue weighted by Crippen LogP contribution is -2.03. The number of nitrogens with zero attached hydrogens (tertiary/aromatic N) is 2. The highest BCUT2D eigenvalue weighted by Gasteiger charge is 2.08. The first-order valence-electron chi connectivity index (χ1n) is 6.14. The van der Waals surface area contributed by atoms with Gasteiger partial charge in [-0.05, 0) is 41.8 Å². The fourth-order valence-electron chi connectivity index (χ4n) is 1.88. The summed E-state index contributed by atoms with van der Waals surface area (Å²) in [4.78, 5) is 10.2. The normalized spacial score (nSPS) is 10.2. The highest BCUT2D eigenvalue weighted by molar-refractivity contribution is 7.13. The van der Waals surface area contributed by atoms with Gasteiger partial charge in [-0.1, -0.05) is 17.7 Å². The predicted molar refractivity (Wildman–Crippen MR) is 90.9 cm³/mol. The summed E-state index contributed by atoms with van der Waals surface area (Å²) in [5.74, 6) is 0.674. The van der Waals surface area contributed by atoms with Gasteiger partial charge in [-0.15, -0.1) is 23.7 Å². The molecule has 0 bridgehead atoms. The highest BCUT2D eigenvalue weighted by Crippen LogP contribution is 2.26. The van der Waals surface area contributed by atoms with Crippen molar-refractivity contribution < 1.29 is 0 Å². The molecule has 0 aliphatic heterocycles. The van der Waals surface area contributed by atoms with Crippen LogP contribution in [-0.4, -0.2) is 9.97 Å². The van der Waals surface area contributed by atoms with Crippen LogP contribution < -0.4 is 5.73 Å². The highest BCUT2D eigenvalue weighted by atomic mass is 35.5. The molecule has 2 heterocycles. The van der Waals surface area contributed by atoms with E-state index < -0.39 is 0 Å². The van der Waals surface area contributed by atoms with Crippen molar-refractivity contribution in [2.75, 3.05) is 0 Å². The molecule has 0 atom stereocenters. The second kappa shape index (κ2) is 7.00. The van der Waals surface area contributed by atoms with Gasteiger partial charge in [-0.25, -0.2) is 9.97 Å². The summed E-state index contributed by atoms with van der Waals surface area (Å²) < 4.78 is 0. The van der Waals surface area contributed by atoms with E-state index in [0.29, 0.717) is 17.4 Å². The van der Waals surface area contributed by atoms with Crippen molar-refractivity contribution in [2.45, 2.75) is 6.54 Å². The van der Waals surface area contributed by atoms with Gasteiger partial charge in [-0.2, -0.15) is 0 Å². The van der Waals surface area contributed by atoms with E-state index in [9.17, 15) is 0 Å². The molecule has 3 rings (SSSR count). The molecule has 2 N–H and O–H groups in total. The van der Waals surface area contributed by atoms with Crippen LogP contribution in [0.2, 0.25) is 5.02 Å². The van der Waals surface area contributed by atoms with E-state index >= 15 is 0 Å². The summed E-state index contributed by atoms with van der Waals surface area (Å²) >= 11 is 7.56. The quantitative estimate of drug-likeness (QED) is 0.770. The van der Waals surface area contributed by atoms with Crippen molar-refractivity contribution >= 4 is 35.3 Å². The maximum Gasteiger partial charge on any atom is 0.160 e. The SMILES string of the molecule is Cl.NCc1cc(-c2cccs2)nc(-c2ccc(Cl)cc2)n1. The third-order valence-corrected chi connectivity index (χ3v) is 4.01. The number of benzene rings is 1. The lowest BCUT2D eigenvalue weighted by atomic mass is 10.2. The molecular weight excluding hydrogens is 325 g/mol. The fraction of sp³-hybridized carbons (Fsp3) is 0.0667. The fourth-order valence-corrected chi connectivity index (χ4v) is 2.69. The van der Waals surface area contributed by atoms with Crippen molar-refractivity contribution in [3.63, 3.8) is 0 Å². The molecule has 3 nitrogen and oxygen atoms in total. The Morgan fingerprint density at radius 3 is 2.48 bits per heavy atom. The van der Waals surface area contributed by atoms with Crippen LogP contribution in [0.3, 0.4) is 0 Å². The molecule has 21 heavy (non-hydrogen) atoms. The number of halogens is 2. The molecule has 0 saturated heterocycles. The molecule has 1 aromatic carbocycles. The standard InChI is InChI=1S/C15H12ClN3S.ClH/c16-11-5-3-10(4-6-11)15-18-12(9-17)8-13(19-15)14-2-1-7-20-14;/h1-8H,9,17H2;1H. The van der Waals surface area contributed by atoms with Gasteiger partial charge in [0.2, 0.25) is 0 Å². The van der Waals surface area contributed by atoms with Gasteiger partial charge in [0.1, 0.15) is 0 Å². The average Bonchev–Trinajstić information content (AvgIpc) is 3.02. The third kappa shape index (κ3) is 3.60. The molecule has 0 radical (unpaired) electrons. The van der Waals surface area contributed by atoms with Crippen molar-refractivity contribution in [1.29, 1.82) is 0 Å². The minimum absolute atomic E-state index is 0. The number of rotatable bonds is 3. The summed E-state index contributed by atoms with van der Waals surface area (Å²) in [5.41, 5.74) is 8.40. The predicted octanol–water partition coefficient (Wildman–Crippen LogP) is 4.41. The van der Waals surface area contributed by atoms with Crippen LogP contribution >= 0.6 is 35.3 Å². The monoisotopic (exact) mass is 337 g/mol. The van der Waals surface area contributed by atoms with Crippen LogP contribution in [0.15, 0.2) is 47.8 Å². The Bertz CT molecular complexity index is 712. The topological polar surface area (TPSA) is 51.8 Å². The van der Waals surface area contributed by atoms with Crippen LogP contribution in [0.4, 0.5) is 0 Å². The van der Waals surface area contributed by atoms with Gasteiger partial charge in [-0.3, -0.25) is 0 Å². The summed E-state index contributed by atoms with van der Waals surface area (Å²) in [5, 5.41) is 2.73. The maximum atomic E-state index is 5.91. The first-order valence-corrected chi connectivity index (χ1v) is 7.40. The van der Waals surface area contributed by atoms with Gasteiger partial charge in [0.05, 0.1) is 16.3 Å². The molecule has 0 saturated carbocycles. The Labute approximate surface area is 138 Å². The Hall–Kier alpha value is -1.46. The van der Waals surface area contributed by atoms with Crippen molar-refractivity contribution in [2.24, 2.45) is 5.73 Å². The van der Waals surface area contributed by atoms with E-state index in [0.717, 1.165) is 21.8 Å². The van der Waals surface area contributed by atoms with Crippen LogP contribution in [0, 0.1) is 0 Å². The molecule has 0 spiro atoms. The van der Waals surface area contributed by atoms with Crippen LogP contribution in [0.25, 0.3) is 22.0 Å². The van der Waals surface area contributed by atoms with Gasteiger partial charge in [0.15, 0.2) is 5.82 Å². The summed E-state index contributed by atoms with van der Waals surface area (Å²) in [6.07, 6.45) is 0. The summed E-state index contributed by atoms with van der Waals surface area (Å²) in [7, 11) is 0. The van der Waals surface area contributed by atoms with E-state index in [1.165, 1.54) is 0 Å². The molecular formula is C15H13Cl2N3S. The van der Waals surface area contributed by atoms with Gasteiger partial charge < -0.3 is 5.73 Å². The summed E-state index contributed by atoms with van der Waals surface area (Å²) in [6.45, 7) is 0.390. The number of hydrogen-bond acceptors (Lipinski definition) is 4. The van der Waals surface area contributed by atoms with Crippen molar-refractivity contribution in [1.82, 2.24) is 9.97 Å². The molecule has 0 unspecified atom stereocenters. The Morgan fingerprint density at radius 1 is 1.10 bits per heavy atom. The second-order valence-electron chi connectivity index (χ2n) is 4.26. The molecule has 0 aliphatic carbocycles. The Balaban J connectivity index is 0.00000161. The van der Waals surface area contributed by atoms with E-state index in [1.807, 2.05) is 47.8 Å². The largest absolute Gasteiger partial charge is 0.325 e. The first-order chi connectivity index (χ1) is 9.76. The minimum Gasteiger partial charge on any atom is -0.325 e. The van der Waals surface area contributed by atoms with Gasteiger partial charge >= 0.3 is 0 Å². The number of thiophene rings is 1. The zero-order valence-electron chi connectivity index (χ0n) is 11.0. The van der Waals surface area contributed by atoms with E-state index in [1.54, 1.807) is 11.3 Å². The smallest absolute Gasteiger partial charge is 0.160 e. The average molecular weight is 338 g/mol. The molecule has 0 fully saturated rings. The third-order valence-electron chi connectivity index (χ3n) is 2.86. The second-order valence-corrected chi connectivity index (χ2v) is 5.64. The van der Waals surface area contributed by atoms with E-state index in [4.69, 9.17) is 17.3 Å². The Kier molecular flexibility index (Phi) is 5.31. The zero-order valence-corrected chi connectivity index (χ0v) is 13.4. The summed E-state index contributed by atoms with van der Waals surface area (Å²) in [6, 6.07) is 13.5. The molecule has 6 heteroatoms. The van der Waals surface area contributed by atoms with Crippen LogP contribution in [0.5, 0.6) is 0 Å². The first kappa shape index (κ1) is 15.9. The molecule has 2 aromatic heterocycles.